The quantitative estimate of drug-likeness (QED) is 0.786. The van der Waals surface area contributed by atoms with Crippen molar-refractivity contribution in [3.05, 3.63) is 34.6 Å². The van der Waals surface area contributed by atoms with Crippen LogP contribution in [0.1, 0.15) is 36.0 Å². The Morgan fingerprint density at radius 3 is 2.87 bits per heavy atom. The predicted octanol–water partition coefficient (Wildman–Crippen LogP) is 2.77. The molecule has 0 bridgehead atoms. The van der Waals surface area contributed by atoms with Gasteiger partial charge in [-0.1, -0.05) is 13.0 Å². The molecule has 0 saturated carbocycles. The maximum absolute atomic E-state index is 13.5. The van der Waals surface area contributed by atoms with Gasteiger partial charge in [0.05, 0.1) is 0 Å². The fraction of sp³-hybridized carbons (Fsp3) is 0.538. The van der Waals surface area contributed by atoms with E-state index in [1.807, 2.05) is 13.8 Å². The maximum Gasteiger partial charge on any atom is 0.126 e. The summed E-state index contributed by atoms with van der Waals surface area (Å²) in [7, 11) is 0. The zero-order valence-corrected chi connectivity index (χ0v) is 9.44. The lowest BCUT2D eigenvalue weighted by atomic mass is 9.91. The molecule has 15 heavy (non-hydrogen) atoms. The Balaban J connectivity index is 2.37. The zero-order chi connectivity index (χ0) is 10.8. The highest BCUT2D eigenvalue weighted by atomic mass is 19.1. The van der Waals surface area contributed by atoms with E-state index in [4.69, 9.17) is 0 Å². The molecule has 1 fully saturated rings. The number of rotatable bonds is 2. The van der Waals surface area contributed by atoms with Crippen molar-refractivity contribution < 1.29 is 4.39 Å². The van der Waals surface area contributed by atoms with E-state index in [0.717, 1.165) is 30.6 Å². The predicted molar refractivity (Wildman–Crippen MR) is 60.7 cm³/mol. The van der Waals surface area contributed by atoms with E-state index in [-0.39, 0.29) is 5.82 Å². The van der Waals surface area contributed by atoms with Crippen molar-refractivity contribution in [2.45, 2.75) is 32.6 Å². The lowest BCUT2D eigenvalue weighted by Crippen LogP contribution is -2.09. The Kier molecular flexibility index (Phi) is 3.06. The summed E-state index contributed by atoms with van der Waals surface area (Å²) in [6, 6.07) is 3.74. The van der Waals surface area contributed by atoms with Crippen LogP contribution in [0, 0.1) is 12.7 Å². The molecule has 82 valence electrons. The van der Waals surface area contributed by atoms with E-state index in [2.05, 4.69) is 11.4 Å². The summed E-state index contributed by atoms with van der Waals surface area (Å²) in [5.74, 6) is 0.528. The molecule has 0 radical (unpaired) electrons. The monoisotopic (exact) mass is 207 g/mol. The molecule has 0 aliphatic carbocycles. The Hall–Kier alpha value is -0.890. The third-order valence-corrected chi connectivity index (χ3v) is 3.32. The second-order valence-electron chi connectivity index (χ2n) is 4.34. The van der Waals surface area contributed by atoms with Gasteiger partial charge in [-0.3, -0.25) is 0 Å². The zero-order valence-electron chi connectivity index (χ0n) is 9.44. The fourth-order valence-corrected chi connectivity index (χ4v) is 2.37. The molecule has 1 aromatic carbocycles. The van der Waals surface area contributed by atoms with Gasteiger partial charge in [-0.2, -0.15) is 0 Å². The summed E-state index contributed by atoms with van der Waals surface area (Å²) in [5.41, 5.74) is 3.28. The van der Waals surface area contributed by atoms with Crippen LogP contribution in [0.4, 0.5) is 4.39 Å². The van der Waals surface area contributed by atoms with Gasteiger partial charge in [0.15, 0.2) is 0 Å². The van der Waals surface area contributed by atoms with Crippen LogP contribution in [0.15, 0.2) is 12.1 Å². The largest absolute Gasteiger partial charge is 0.316 e. The highest BCUT2D eigenvalue weighted by Gasteiger charge is 2.19. The first kappa shape index (κ1) is 10.6. The van der Waals surface area contributed by atoms with Gasteiger partial charge in [0.25, 0.3) is 0 Å². The van der Waals surface area contributed by atoms with Crippen molar-refractivity contribution >= 4 is 0 Å². The third kappa shape index (κ3) is 2.05. The van der Waals surface area contributed by atoms with Crippen LogP contribution >= 0.6 is 0 Å². The van der Waals surface area contributed by atoms with Gasteiger partial charge in [0, 0.05) is 6.54 Å². The number of nitrogens with one attached hydrogen (secondary N) is 1. The number of halogens is 1. The Bertz CT molecular complexity index is 354. The van der Waals surface area contributed by atoms with E-state index < -0.39 is 0 Å². The number of benzene rings is 1. The van der Waals surface area contributed by atoms with Crippen LogP contribution in [0.5, 0.6) is 0 Å². The van der Waals surface area contributed by atoms with E-state index in [1.54, 1.807) is 6.07 Å². The molecule has 0 amide bonds. The lowest BCUT2D eigenvalue weighted by molar-refractivity contribution is 0.607. The summed E-state index contributed by atoms with van der Waals surface area (Å²) < 4.78 is 13.5. The summed E-state index contributed by atoms with van der Waals surface area (Å²) in [6.07, 6.45) is 1.95. The first-order chi connectivity index (χ1) is 7.22. The van der Waals surface area contributed by atoms with Crippen LogP contribution < -0.4 is 5.32 Å². The van der Waals surface area contributed by atoms with Crippen molar-refractivity contribution in [1.82, 2.24) is 5.32 Å². The average Bonchev–Trinajstić information content (AvgIpc) is 2.71. The second kappa shape index (κ2) is 4.31. The van der Waals surface area contributed by atoms with Gasteiger partial charge in [-0.25, -0.2) is 4.39 Å². The maximum atomic E-state index is 13.5. The van der Waals surface area contributed by atoms with Crippen LogP contribution in [-0.4, -0.2) is 13.1 Å². The number of hydrogen-bond acceptors (Lipinski definition) is 1. The van der Waals surface area contributed by atoms with Crippen LogP contribution in [0.25, 0.3) is 0 Å². The molecule has 1 heterocycles. The molecule has 1 nitrogen and oxygen atoms in total. The van der Waals surface area contributed by atoms with E-state index >= 15 is 0 Å². The summed E-state index contributed by atoms with van der Waals surface area (Å²) >= 11 is 0. The Morgan fingerprint density at radius 2 is 2.27 bits per heavy atom. The molecular formula is C13H18FN. The minimum absolute atomic E-state index is 0.0512. The van der Waals surface area contributed by atoms with Gasteiger partial charge in [-0.05, 0) is 55.0 Å². The van der Waals surface area contributed by atoms with E-state index in [9.17, 15) is 4.39 Å². The molecule has 1 aliphatic rings. The molecule has 1 unspecified atom stereocenters. The Labute approximate surface area is 90.7 Å². The molecule has 2 heteroatoms. The van der Waals surface area contributed by atoms with Crippen LogP contribution in [-0.2, 0) is 6.42 Å². The van der Waals surface area contributed by atoms with E-state index in [1.165, 1.54) is 12.0 Å². The number of aryl methyl sites for hydroxylation is 2. The Morgan fingerprint density at radius 1 is 1.47 bits per heavy atom. The van der Waals surface area contributed by atoms with E-state index in [0.29, 0.717) is 5.92 Å². The summed E-state index contributed by atoms with van der Waals surface area (Å²) in [6.45, 7) is 6.14. The molecule has 2 rings (SSSR count). The summed E-state index contributed by atoms with van der Waals surface area (Å²) in [4.78, 5) is 0. The van der Waals surface area contributed by atoms with Crippen molar-refractivity contribution in [2.75, 3.05) is 13.1 Å². The van der Waals surface area contributed by atoms with Gasteiger partial charge >= 0.3 is 0 Å². The average molecular weight is 207 g/mol. The molecule has 0 aromatic heterocycles. The van der Waals surface area contributed by atoms with Crippen molar-refractivity contribution in [2.24, 2.45) is 0 Å². The standard InChI is InChI=1S/C13H18FN/c1-3-10-7-12(9(2)6-13(10)14)11-4-5-15-8-11/h6-7,11,15H,3-5,8H2,1-2H3. The van der Waals surface area contributed by atoms with Gasteiger partial charge < -0.3 is 5.32 Å². The van der Waals surface area contributed by atoms with Crippen LogP contribution in [0.2, 0.25) is 0 Å². The highest BCUT2D eigenvalue weighted by molar-refractivity contribution is 5.35. The molecule has 0 spiro atoms. The molecule has 1 atom stereocenters. The van der Waals surface area contributed by atoms with Crippen molar-refractivity contribution in [1.29, 1.82) is 0 Å². The highest BCUT2D eigenvalue weighted by Crippen LogP contribution is 2.27. The van der Waals surface area contributed by atoms with Crippen molar-refractivity contribution in [3.63, 3.8) is 0 Å². The first-order valence-corrected chi connectivity index (χ1v) is 5.72. The van der Waals surface area contributed by atoms with Gasteiger partial charge in [0.2, 0.25) is 0 Å². The second-order valence-corrected chi connectivity index (χ2v) is 4.34. The molecule has 1 aromatic rings. The molecule has 1 aliphatic heterocycles. The molecule has 1 saturated heterocycles. The molecular weight excluding hydrogens is 189 g/mol. The third-order valence-electron chi connectivity index (χ3n) is 3.32. The van der Waals surface area contributed by atoms with Crippen LogP contribution in [0.3, 0.4) is 0 Å². The fourth-order valence-electron chi connectivity index (χ4n) is 2.37. The smallest absolute Gasteiger partial charge is 0.126 e. The summed E-state index contributed by atoms with van der Waals surface area (Å²) in [5, 5.41) is 3.36. The van der Waals surface area contributed by atoms with Crippen molar-refractivity contribution in [3.8, 4) is 0 Å². The van der Waals surface area contributed by atoms with Gasteiger partial charge in [-0.15, -0.1) is 0 Å². The molecule has 1 N–H and O–H groups in total. The topological polar surface area (TPSA) is 12.0 Å². The SMILES string of the molecule is CCc1cc(C2CCNC2)c(C)cc1F. The lowest BCUT2D eigenvalue weighted by Gasteiger charge is -2.14. The normalized spacial score (nSPS) is 20.9. The minimum Gasteiger partial charge on any atom is -0.316 e. The van der Waals surface area contributed by atoms with Gasteiger partial charge in [0.1, 0.15) is 5.82 Å². The minimum atomic E-state index is -0.0512. The first-order valence-electron chi connectivity index (χ1n) is 5.72. The number of hydrogen-bond donors (Lipinski definition) is 1.